The molecule has 118 valence electrons. The molecule has 0 spiro atoms. The number of benzene rings is 1. The fraction of sp³-hybridized carbons (Fsp3) is 0.600. The van der Waals surface area contributed by atoms with E-state index in [9.17, 15) is 0 Å². The summed E-state index contributed by atoms with van der Waals surface area (Å²) in [5.41, 5.74) is 0.473. The average Bonchev–Trinajstić information content (AvgIpc) is 2.45. The molecule has 6 heteroatoms. The van der Waals surface area contributed by atoms with Crippen molar-refractivity contribution in [2.45, 2.75) is 13.3 Å². The van der Waals surface area contributed by atoms with Gasteiger partial charge in [-0.1, -0.05) is 19.1 Å². The van der Waals surface area contributed by atoms with Crippen LogP contribution in [0.25, 0.3) is 0 Å². The summed E-state index contributed by atoms with van der Waals surface area (Å²) in [6.45, 7) is 6.89. The summed E-state index contributed by atoms with van der Waals surface area (Å²) < 4.78 is 5.69. The molecule has 0 unspecified atom stereocenters. The lowest BCUT2D eigenvalue weighted by atomic mass is 9.80. The number of nitrogens with zero attached hydrogens (tertiary/aromatic N) is 2. The molecular formula is C15H27BN2O3. The van der Waals surface area contributed by atoms with Gasteiger partial charge in [0.2, 0.25) is 0 Å². The average molecular weight is 294 g/mol. The first-order valence-corrected chi connectivity index (χ1v) is 7.49. The van der Waals surface area contributed by atoms with E-state index in [-0.39, 0.29) is 0 Å². The summed E-state index contributed by atoms with van der Waals surface area (Å²) in [6, 6.07) is 6.84. The Morgan fingerprint density at radius 1 is 1.05 bits per heavy atom. The van der Waals surface area contributed by atoms with Crippen LogP contribution in [0, 0.1) is 0 Å². The first kappa shape index (κ1) is 18.0. The highest BCUT2D eigenvalue weighted by atomic mass is 16.5. The van der Waals surface area contributed by atoms with Crippen molar-refractivity contribution < 1.29 is 14.8 Å². The van der Waals surface area contributed by atoms with Gasteiger partial charge in [0, 0.05) is 6.54 Å². The van der Waals surface area contributed by atoms with Crippen LogP contribution in [-0.2, 0) is 0 Å². The molecule has 0 saturated heterocycles. The molecule has 1 aromatic carbocycles. The minimum atomic E-state index is -1.42. The first-order valence-electron chi connectivity index (χ1n) is 7.49. The van der Waals surface area contributed by atoms with E-state index in [1.54, 1.807) is 24.3 Å². The second-order valence-electron chi connectivity index (χ2n) is 5.38. The Bertz CT molecular complexity index is 385. The highest BCUT2D eigenvalue weighted by Crippen LogP contribution is 2.07. The second kappa shape index (κ2) is 9.79. The summed E-state index contributed by atoms with van der Waals surface area (Å²) in [4.78, 5) is 4.57. The molecule has 0 bridgehead atoms. The van der Waals surface area contributed by atoms with Crippen LogP contribution < -0.4 is 10.2 Å². The third kappa shape index (κ3) is 7.48. The van der Waals surface area contributed by atoms with E-state index in [1.165, 1.54) is 0 Å². The van der Waals surface area contributed by atoms with Gasteiger partial charge in [0.1, 0.15) is 12.4 Å². The highest BCUT2D eigenvalue weighted by molar-refractivity contribution is 6.58. The lowest BCUT2D eigenvalue weighted by molar-refractivity contribution is 0.208. The van der Waals surface area contributed by atoms with E-state index < -0.39 is 7.12 Å². The van der Waals surface area contributed by atoms with Crippen molar-refractivity contribution in [3.05, 3.63) is 24.3 Å². The third-order valence-electron chi connectivity index (χ3n) is 3.38. The van der Waals surface area contributed by atoms with E-state index in [2.05, 4.69) is 30.8 Å². The largest absolute Gasteiger partial charge is 0.492 e. The molecule has 0 aliphatic rings. The first-order chi connectivity index (χ1) is 10.0. The minimum Gasteiger partial charge on any atom is -0.492 e. The van der Waals surface area contributed by atoms with E-state index in [0.717, 1.165) is 38.3 Å². The van der Waals surface area contributed by atoms with Crippen molar-refractivity contribution in [3.8, 4) is 5.75 Å². The van der Waals surface area contributed by atoms with E-state index in [1.807, 2.05) is 0 Å². The number of ether oxygens (including phenoxy) is 1. The van der Waals surface area contributed by atoms with Crippen LogP contribution in [0.4, 0.5) is 0 Å². The van der Waals surface area contributed by atoms with Gasteiger partial charge in [-0.2, -0.15) is 0 Å². The maximum Gasteiger partial charge on any atom is 0.488 e. The lowest BCUT2D eigenvalue weighted by Gasteiger charge is -2.21. The Balaban J connectivity index is 2.27. The van der Waals surface area contributed by atoms with Crippen LogP contribution in [-0.4, -0.2) is 73.8 Å². The molecule has 0 atom stereocenters. The van der Waals surface area contributed by atoms with E-state index in [0.29, 0.717) is 12.1 Å². The molecule has 5 nitrogen and oxygen atoms in total. The Labute approximate surface area is 128 Å². The monoisotopic (exact) mass is 294 g/mol. The van der Waals surface area contributed by atoms with Crippen LogP contribution >= 0.6 is 0 Å². The van der Waals surface area contributed by atoms with Gasteiger partial charge >= 0.3 is 7.12 Å². The van der Waals surface area contributed by atoms with Crippen molar-refractivity contribution in [2.24, 2.45) is 0 Å². The van der Waals surface area contributed by atoms with Crippen LogP contribution in [0.1, 0.15) is 13.3 Å². The molecule has 2 N–H and O–H groups in total. The molecule has 1 rings (SSSR count). The zero-order valence-corrected chi connectivity index (χ0v) is 13.3. The molecule has 0 aliphatic heterocycles. The molecule has 0 amide bonds. The van der Waals surface area contributed by atoms with Crippen LogP contribution in [0.3, 0.4) is 0 Å². The minimum absolute atomic E-state index is 0.473. The van der Waals surface area contributed by atoms with Crippen molar-refractivity contribution >= 4 is 12.6 Å². The molecule has 0 heterocycles. The predicted octanol–water partition coefficient (Wildman–Crippen LogP) is 0.0188. The van der Waals surface area contributed by atoms with Crippen molar-refractivity contribution in [1.82, 2.24) is 9.80 Å². The number of hydrogen-bond donors (Lipinski definition) is 2. The summed E-state index contributed by atoms with van der Waals surface area (Å²) in [7, 11) is 2.75. The fourth-order valence-electron chi connectivity index (χ4n) is 2.07. The third-order valence-corrected chi connectivity index (χ3v) is 3.38. The Morgan fingerprint density at radius 2 is 1.71 bits per heavy atom. The van der Waals surface area contributed by atoms with Crippen LogP contribution in [0.15, 0.2) is 24.3 Å². The van der Waals surface area contributed by atoms with Gasteiger partial charge in [-0.15, -0.1) is 0 Å². The van der Waals surface area contributed by atoms with Crippen molar-refractivity contribution in [3.63, 3.8) is 0 Å². The summed E-state index contributed by atoms with van der Waals surface area (Å²) in [5, 5.41) is 18.0. The SMILES string of the molecule is CCN(CCCN(C)C)CCOc1ccc(B(O)O)cc1. The quantitative estimate of drug-likeness (QED) is 0.596. The van der Waals surface area contributed by atoms with Gasteiger partial charge in [0.05, 0.1) is 0 Å². The van der Waals surface area contributed by atoms with E-state index >= 15 is 0 Å². The Kier molecular flexibility index (Phi) is 8.38. The lowest BCUT2D eigenvalue weighted by Crippen LogP contribution is -2.31. The normalized spacial score (nSPS) is 11.2. The van der Waals surface area contributed by atoms with Gasteiger partial charge in [0.25, 0.3) is 0 Å². The zero-order valence-electron chi connectivity index (χ0n) is 13.3. The van der Waals surface area contributed by atoms with Gasteiger partial charge < -0.3 is 24.6 Å². The Morgan fingerprint density at radius 3 is 2.24 bits per heavy atom. The fourth-order valence-corrected chi connectivity index (χ4v) is 2.07. The number of rotatable bonds is 10. The molecule has 0 saturated carbocycles. The van der Waals surface area contributed by atoms with E-state index in [4.69, 9.17) is 14.8 Å². The predicted molar refractivity (Wildman–Crippen MR) is 87.0 cm³/mol. The smallest absolute Gasteiger partial charge is 0.488 e. The van der Waals surface area contributed by atoms with Crippen molar-refractivity contribution in [2.75, 3.05) is 46.9 Å². The molecule has 0 radical (unpaired) electrons. The van der Waals surface area contributed by atoms with Crippen molar-refractivity contribution in [1.29, 1.82) is 0 Å². The Hall–Kier alpha value is -1.08. The summed E-state index contributed by atoms with van der Waals surface area (Å²) in [6.07, 6.45) is 1.16. The summed E-state index contributed by atoms with van der Waals surface area (Å²) >= 11 is 0. The highest BCUT2D eigenvalue weighted by Gasteiger charge is 2.10. The molecule has 0 aliphatic carbocycles. The number of likely N-dealkylation sites (N-methyl/N-ethyl adjacent to an activating group) is 1. The maximum atomic E-state index is 9.02. The van der Waals surface area contributed by atoms with Crippen LogP contribution in [0.5, 0.6) is 5.75 Å². The molecular weight excluding hydrogens is 267 g/mol. The second-order valence-corrected chi connectivity index (χ2v) is 5.38. The van der Waals surface area contributed by atoms with Gasteiger partial charge in [-0.25, -0.2) is 0 Å². The maximum absolute atomic E-state index is 9.02. The zero-order chi connectivity index (χ0) is 15.7. The van der Waals surface area contributed by atoms with Gasteiger partial charge in [-0.3, -0.25) is 0 Å². The summed E-state index contributed by atoms with van der Waals surface area (Å²) in [5.74, 6) is 0.753. The van der Waals surface area contributed by atoms with Gasteiger partial charge in [0.15, 0.2) is 0 Å². The van der Waals surface area contributed by atoms with Gasteiger partial charge in [-0.05, 0) is 57.7 Å². The molecule has 21 heavy (non-hydrogen) atoms. The molecule has 0 fully saturated rings. The standard InChI is InChI=1S/C15H27BN2O3/c1-4-18(11-5-10-17(2)3)12-13-21-15-8-6-14(7-9-15)16(19)20/h6-9,19-20H,4-5,10-13H2,1-3H3. The molecule has 0 aromatic heterocycles. The number of hydrogen-bond acceptors (Lipinski definition) is 5. The molecule has 1 aromatic rings. The van der Waals surface area contributed by atoms with Crippen LogP contribution in [0.2, 0.25) is 0 Å². The topological polar surface area (TPSA) is 56.2 Å².